The van der Waals surface area contributed by atoms with Crippen molar-refractivity contribution < 1.29 is 0 Å². The fourth-order valence-corrected chi connectivity index (χ4v) is 1.15. The van der Waals surface area contributed by atoms with Crippen LogP contribution in [-0.4, -0.2) is 4.98 Å². The maximum absolute atomic E-state index is 6.93. The molecule has 0 spiro atoms. The van der Waals surface area contributed by atoms with Crippen molar-refractivity contribution >= 4 is 11.3 Å². The van der Waals surface area contributed by atoms with Crippen molar-refractivity contribution in [3.05, 3.63) is 16.1 Å². The number of rotatable bonds is 1. The largest absolute Gasteiger partial charge is 0.252 e. The minimum Gasteiger partial charge on any atom is -0.252 e. The van der Waals surface area contributed by atoms with Gasteiger partial charge in [0.05, 0.1) is 5.01 Å². The van der Waals surface area contributed by atoms with E-state index >= 15 is 0 Å². The molecule has 0 atom stereocenters. The molecule has 8 heavy (non-hydrogen) atoms. The van der Waals surface area contributed by atoms with Crippen molar-refractivity contribution in [2.75, 3.05) is 0 Å². The fraction of sp³-hybridized carbons (Fsp3) is 0.400. The third-order valence-corrected chi connectivity index (χ3v) is 1.76. The highest BCUT2D eigenvalue weighted by Gasteiger charge is 1.91. The molecular weight excluding hydrogens is 120 g/mol. The zero-order valence-electron chi connectivity index (χ0n) is 4.64. The Morgan fingerprint density at radius 1 is 1.88 bits per heavy atom. The summed E-state index contributed by atoms with van der Waals surface area (Å²) in [6.07, 6.45) is 1.76. The minimum absolute atomic E-state index is 0.367. The Morgan fingerprint density at radius 3 is 2.88 bits per heavy atom. The van der Waals surface area contributed by atoms with Gasteiger partial charge in [0.1, 0.15) is 0 Å². The maximum atomic E-state index is 6.93. The van der Waals surface area contributed by atoms with E-state index in [1.807, 2.05) is 6.92 Å². The highest BCUT2D eigenvalue weighted by Crippen LogP contribution is 2.09. The molecule has 0 saturated heterocycles. The first-order chi connectivity index (χ1) is 3.83. The van der Waals surface area contributed by atoms with Crippen LogP contribution in [0.5, 0.6) is 0 Å². The molecule has 0 amide bonds. The van der Waals surface area contributed by atoms with E-state index in [4.69, 9.17) is 5.73 Å². The SMILES string of the molecule is Cc1ncc(C[NH])s1. The number of aromatic nitrogens is 1. The molecule has 1 heterocycles. The Morgan fingerprint density at radius 2 is 2.62 bits per heavy atom. The zero-order valence-corrected chi connectivity index (χ0v) is 5.46. The molecular formula is C5H7N2S. The van der Waals surface area contributed by atoms with E-state index in [2.05, 4.69) is 4.98 Å². The Labute approximate surface area is 52.4 Å². The summed E-state index contributed by atoms with van der Waals surface area (Å²) >= 11 is 1.59. The molecule has 1 aromatic heterocycles. The monoisotopic (exact) mass is 127 g/mol. The van der Waals surface area contributed by atoms with Crippen molar-refractivity contribution in [1.29, 1.82) is 0 Å². The van der Waals surface area contributed by atoms with Crippen LogP contribution in [0.4, 0.5) is 0 Å². The second-order valence-electron chi connectivity index (χ2n) is 1.52. The van der Waals surface area contributed by atoms with Crippen molar-refractivity contribution in [2.24, 2.45) is 0 Å². The molecule has 1 rings (SSSR count). The maximum Gasteiger partial charge on any atom is 0.0897 e. The Bertz CT molecular complexity index is 171. The number of hydrogen-bond donors (Lipinski definition) is 0. The topological polar surface area (TPSA) is 36.7 Å². The van der Waals surface area contributed by atoms with Crippen LogP contribution in [0.1, 0.15) is 9.88 Å². The Hall–Kier alpha value is -0.410. The molecule has 1 N–H and O–H groups in total. The lowest BCUT2D eigenvalue weighted by Crippen LogP contribution is -1.74. The van der Waals surface area contributed by atoms with Gasteiger partial charge in [0.15, 0.2) is 0 Å². The van der Waals surface area contributed by atoms with Gasteiger partial charge in [-0.1, -0.05) is 0 Å². The third-order valence-electron chi connectivity index (χ3n) is 0.843. The van der Waals surface area contributed by atoms with Crippen LogP contribution >= 0.6 is 11.3 Å². The van der Waals surface area contributed by atoms with Gasteiger partial charge >= 0.3 is 0 Å². The summed E-state index contributed by atoms with van der Waals surface area (Å²) in [7, 11) is 0. The molecule has 0 fully saturated rings. The van der Waals surface area contributed by atoms with E-state index < -0.39 is 0 Å². The van der Waals surface area contributed by atoms with Gasteiger partial charge in [-0.3, -0.25) is 5.73 Å². The zero-order chi connectivity index (χ0) is 5.98. The predicted octanol–water partition coefficient (Wildman–Crippen LogP) is 1.23. The van der Waals surface area contributed by atoms with Gasteiger partial charge in [0.2, 0.25) is 0 Å². The summed E-state index contributed by atoms with van der Waals surface area (Å²) in [6, 6.07) is 0. The van der Waals surface area contributed by atoms with E-state index in [1.54, 1.807) is 17.5 Å². The number of thiazole rings is 1. The number of nitrogens with one attached hydrogen (secondary N) is 1. The molecule has 3 heteroatoms. The van der Waals surface area contributed by atoms with Crippen LogP contribution in [0.15, 0.2) is 6.20 Å². The first kappa shape index (κ1) is 5.72. The van der Waals surface area contributed by atoms with Gasteiger partial charge in [-0.05, 0) is 6.92 Å². The van der Waals surface area contributed by atoms with Gasteiger partial charge in [0.25, 0.3) is 0 Å². The third kappa shape index (κ3) is 1.05. The van der Waals surface area contributed by atoms with Gasteiger partial charge < -0.3 is 0 Å². The van der Waals surface area contributed by atoms with Crippen molar-refractivity contribution in [1.82, 2.24) is 10.7 Å². The molecule has 43 valence electrons. The van der Waals surface area contributed by atoms with Crippen LogP contribution in [0.2, 0.25) is 0 Å². The number of nitrogens with zero attached hydrogens (tertiary/aromatic N) is 1. The standard InChI is InChI=1S/C5H7N2S/c1-4-7-3-5(2-6)8-4/h3,6H,2H2,1H3. The van der Waals surface area contributed by atoms with E-state index in [1.165, 1.54) is 0 Å². The summed E-state index contributed by atoms with van der Waals surface area (Å²) < 4.78 is 0. The van der Waals surface area contributed by atoms with Crippen LogP contribution < -0.4 is 5.73 Å². The van der Waals surface area contributed by atoms with Crippen molar-refractivity contribution in [3.63, 3.8) is 0 Å². The molecule has 0 aromatic carbocycles. The molecule has 0 aliphatic carbocycles. The predicted molar refractivity (Wildman–Crippen MR) is 33.7 cm³/mol. The van der Waals surface area contributed by atoms with Crippen LogP contribution in [0.3, 0.4) is 0 Å². The second kappa shape index (κ2) is 2.24. The lowest BCUT2D eigenvalue weighted by Gasteiger charge is -1.77. The lowest BCUT2D eigenvalue weighted by atomic mass is 10.6. The van der Waals surface area contributed by atoms with E-state index in [9.17, 15) is 0 Å². The fourth-order valence-electron chi connectivity index (χ4n) is 0.487. The summed E-state index contributed by atoms with van der Waals surface area (Å²) in [6.45, 7) is 2.31. The van der Waals surface area contributed by atoms with Crippen LogP contribution in [0, 0.1) is 6.92 Å². The Balaban J connectivity index is 2.84. The van der Waals surface area contributed by atoms with E-state index in [0.717, 1.165) is 9.88 Å². The van der Waals surface area contributed by atoms with Gasteiger partial charge in [0, 0.05) is 17.6 Å². The molecule has 0 saturated carbocycles. The molecule has 2 nitrogen and oxygen atoms in total. The summed E-state index contributed by atoms with van der Waals surface area (Å²) in [5.74, 6) is 0. The first-order valence-corrected chi connectivity index (χ1v) is 3.20. The van der Waals surface area contributed by atoms with Crippen LogP contribution in [-0.2, 0) is 6.54 Å². The molecule has 1 aromatic rings. The highest BCUT2D eigenvalue weighted by molar-refractivity contribution is 7.11. The first-order valence-electron chi connectivity index (χ1n) is 2.39. The minimum atomic E-state index is 0.367. The second-order valence-corrected chi connectivity index (χ2v) is 2.84. The molecule has 0 aliphatic heterocycles. The smallest absolute Gasteiger partial charge is 0.0897 e. The molecule has 1 radical (unpaired) electrons. The highest BCUT2D eigenvalue weighted by atomic mass is 32.1. The van der Waals surface area contributed by atoms with Crippen molar-refractivity contribution in [2.45, 2.75) is 13.5 Å². The van der Waals surface area contributed by atoms with Gasteiger partial charge in [-0.25, -0.2) is 4.98 Å². The average molecular weight is 127 g/mol. The summed E-state index contributed by atoms with van der Waals surface area (Å²) in [5.41, 5.74) is 6.93. The van der Waals surface area contributed by atoms with Gasteiger partial charge in [-0.15, -0.1) is 11.3 Å². The Kier molecular flexibility index (Phi) is 1.60. The molecule has 0 bridgehead atoms. The lowest BCUT2D eigenvalue weighted by molar-refractivity contribution is 1.05. The van der Waals surface area contributed by atoms with Crippen molar-refractivity contribution in [3.8, 4) is 0 Å². The number of hydrogen-bond acceptors (Lipinski definition) is 2. The normalized spacial score (nSPS) is 9.75. The van der Waals surface area contributed by atoms with E-state index in [-0.39, 0.29) is 0 Å². The van der Waals surface area contributed by atoms with Crippen LogP contribution in [0.25, 0.3) is 0 Å². The molecule has 0 aliphatic rings. The number of aryl methyl sites for hydroxylation is 1. The van der Waals surface area contributed by atoms with E-state index in [0.29, 0.717) is 6.54 Å². The molecule has 0 unspecified atom stereocenters. The quantitative estimate of drug-likeness (QED) is 0.559. The average Bonchev–Trinajstić information content (AvgIpc) is 2.14. The summed E-state index contributed by atoms with van der Waals surface area (Å²) in [4.78, 5) is 5.03. The van der Waals surface area contributed by atoms with Gasteiger partial charge in [-0.2, -0.15) is 0 Å². The summed E-state index contributed by atoms with van der Waals surface area (Å²) in [5, 5.41) is 1.05.